The Labute approximate surface area is 147 Å². The van der Waals surface area contributed by atoms with E-state index >= 15 is 0 Å². The molecule has 1 saturated heterocycles. The van der Waals surface area contributed by atoms with Crippen LogP contribution in [0.1, 0.15) is 34.3 Å². The molecule has 1 aliphatic heterocycles. The van der Waals surface area contributed by atoms with Crippen LogP contribution in [0, 0.1) is 17.2 Å². The lowest BCUT2D eigenvalue weighted by molar-refractivity contribution is 0.0835. The predicted molar refractivity (Wildman–Crippen MR) is 94.9 cm³/mol. The van der Waals surface area contributed by atoms with Gasteiger partial charge in [-0.25, -0.2) is 0 Å². The number of rotatable bonds is 4. The van der Waals surface area contributed by atoms with Crippen LogP contribution in [0.3, 0.4) is 0 Å². The number of piperidine rings is 1. The van der Waals surface area contributed by atoms with Crippen molar-refractivity contribution in [2.45, 2.75) is 19.4 Å². The molecule has 24 heavy (non-hydrogen) atoms. The minimum absolute atomic E-state index is 0.100. The molecule has 0 atom stereocenters. The highest BCUT2D eigenvalue weighted by Crippen LogP contribution is 2.23. The van der Waals surface area contributed by atoms with Gasteiger partial charge in [0.1, 0.15) is 0 Å². The van der Waals surface area contributed by atoms with Crippen LogP contribution in [-0.2, 0) is 6.54 Å². The van der Waals surface area contributed by atoms with Crippen LogP contribution in [0.4, 0.5) is 0 Å². The van der Waals surface area contributed by atoms with E-state index < -0.39 is 0 Å². The largest absolute Gasteiger partial charge is 0.299 e. The Morgan fingerprint density at radius 2 is 1.71 bits per heavy atom. The quantitative estimate of drug-likeness (QED) is 0.780. The normalized spacial score (nSPS) is 15.8. The first-order valence-electron chi connectivity index (χ1n) is 8.17. The Morgan fingerprint density at radius 3 is 2.29 bits per heavy atom. The van der Waals surface area contributed by atoms with Crippen molar-refractivity contribution in [1.82, 2.24) is 4.90 Å². The number of hydrogen-bond donors (Lipinski definition) is 0. The number of benzene rings is 2. The van der Waals surface area contributed by atoms with Gasteiger partial charge in [-0.1, -0.05) is 23.7 Å². The SMILES string of the molecule is N#Cc1ccc(CN2CCC(C(=O)c3ccc(Cl)cc3)CC2)cc1. The van der Waals surface area contributed by atoms with E-state index in [4.69, 9.17) is 16.9 Å². The van der Waals surface area contributed by atoms with Crippen LogP contribution in [0.25, 0.3) is 0 Å². The molecule has 0 amide bonds. The highest BCUT2D eigenvalue weighted by molar-refractivity contribution is 6.30. The molecule has 122 valence electrons. The van der Waals surface area contributed by atoms with Crippen molar-refractivity contribution in [3.63, 3.8) is 0 Å². The molecule has 4 heteroatoms. The van der Waals surface area contributed by atoms with Gasteiger partial charge in [0.2, 0.25) is 0 Å². The number of nitriles is 1. The third kappa shape index (κ3) is 4.03. The van der Waals surface area contributed by atoms with E-state index in [2.05, 4.69) is 11.0 Å². The molecule has 0 aromatic heterocycles. The highest BCUT2D eigenvalue weighted by atomic mass is 35.5. The summed E-state index contributed by atoms with van der Waals surface area (Å²) in [5, 5.41) is 9.50. The topological polar surface area (TPSA) is 44.1 Å². The smallest absolute Gasteiger partial charge is 0.166 e. The summed E-state index contributed by atoms with van der Waals surface area (Å²) in [5.74, 6) is 0.327. The van der Waals surface area contributed by atoms with Crippen molar-refractivity contribution < 1.29 is 4.79 Å². The van der Waals surface area contributed by atoms with Crippen molar-refractivity contribution in [1.29, 1.82) is 5.26 Å². The predicted octanol–water partition coefficient (Wildman–Crippen LogP) is 4.31. The first-order valence-corrected chi connectivity index (χ1v) is 8.54. The van der Waals surface area contributed by atoms with Crippen molar-refractivity contribution >= 4 is 17.4 Å². The van der Waals surface area contributed by atoms with Crippen LogP contribution >= 0.6 is 11.6 Å². The molecule has 3 nitrogen and oxygen atoms in total. The lowest BCUT2D eigenvalue weighted by atomic mass is 9.89. The van der Waals surface area contributed by atoms with Gasteiger partial charge in [-0.2, -0.15) is 5.26 Å². The third-order valence-corrected chi connectivity index (χ3v) is 4.83. The number of carbonyl (C=O) groups excluding carboxylic acids is 1. The van der Waals surface area contributed by atoms with Crippen LogP contribution in [-0.4, -0.2) is 23.8 Å². The number of nitrogens with zero attached hydrogens (tertiary/aromatic N) is 2. The summed E-state index contributed by atoms with van der Waals surface area (Å²) < 4.78 is 0. The fourth-order valence-electron chi connectivity index (χ4n) is 3.15. The summed E-state index contributed by atoms with van der Waals surface area (Å²) in [4.78, 5) is 14.9. The summed E-state index contributed by atoms with van der Waals surface area (Å²) in [5.41, 5.74) is 2.65. The van der Waals surface area contributed by atoms with Crippen molar-refractivity contribution in [3.05, 3.63) is 70.2 Å². The molecule has 1 heterocycles. The van der Waals surface area contributed by atoms with Gasteiger partial charge in [-0.05, 0) is 67.9 Å². The molecule has 3 rings (SSSR count). The van der Waals surface area contributed by atoms with Gasteiger partial charge in [-0.3, -0.25) is 9.69 Å². The summed E-state index contributed by atoms with van der Waals surface area (Å²) >= 11 is 5.88. The first kappa shape index (κ1) is 16.7. The number of halogens is 1. The Morgan fingerprint density at radius 1 is 1.08 bits per heavy atom. The van der Waals surface area contributed by atoms with Gasteiger partial charge in [0.25, 0.3) is 0 Å². The number of likely N-dealkylation sites (tertiary alicyclic amines) is 1. The molecule has 1 fully saturated rings. The minimum Gasteiger partial charge on any atom is -0.299 e. The Kier molecular flexibility index (Phi) is 5.30. The second kappa shape index (κ2) is 7.61. The number of carbonyl (C=O) groups is 1. The monoisotopic (exact) mass is 338 g/mol. The second-order valence-electron chi connectivity index (χ2n) is 6.23. The number of ketones is 1. The zero-order valence-electron chi connectivity index (χ0n) is 13.4. The van der Waals surface area contributed by atoms with Crippen LogP contribution in [0.15, 0.2) is 48.5 Å². The first-order chi connectivity index (χ1) is 11.7. The van der Waals surface area contributed by atoms with Crippen LogP contribution in [0.2, 0.25) is 5.02 Å². The number of Topliss-reactive ketones (excluding diaryl/α,β-unsaturated/α-hetero) is 1. The molecule has 0 radical (unpaired) electrons. The Hall–Kier alpha value is -2.15. The molecule has 2 aromatic rings. The van der Waals surface area contributed by atoms with E-state index in [0.717, 1.165) is 38.0 Å². The molecule has 1 aliphatic rings. The lowest BCUT2D eigenvalue weighted by Gasteiger charge is -2.31. The van der Waals surface area contributed by atoms with Gasteiger partial charge in [0.05, 0.1) is 11.6 Å². The van der Waals surface area contributed by atoms with Gasteiger partial charge in [0, 0.05) is 23.0 Å². The fraction of sp³-hybridized carbons (Fsp3) is 0.300. The van der Waals surface area contributed by atoms with Crippen LogP contribution < -0.4 is 0 Å². The molecule has 0 N–H and O–H groups in total. The summed E-state index contributed by atoms with van der Waals surface area (Å²) in [7, 11) is 0. The standard InChI is InChI=1S/C20H19ClN2O/c21-19-7-5-17(6-8-19)20(24)18-9-11-23(12-10-18)14-16-3-1-15(13-22)2-4-16/h1-8,18H,9-12,14H2. The highest BCUT2D eigenvalue weighted by Gasteiger charge is 2.25. The maximum atomic E-state index is 12.6. The molecule has 0 bridgehead atoms. The van der Waals surface area contributed by atoms with Gasteiger partial charge < -0.3 is 0 Å². The van der Waals surface area contributed by atoms with E-state index in [1.54, 1.807) is 12.1 Å². The Balaban J connectivity index is 1.54. The molecule has 2 aromatic carbocycles. The van der Waals surface area contributed by atoms with Crippen molar-refractivity contribution in [2.75, 3.05) is 13.1 Å². The summed E-state index contributed by atoms with van der Waals surface area (Å²) in [6, 6.07) is 17.0. The second-order valence-corrected chi connectivity index (χ2v) is 6.67. The third-order valence-electron chi connectivity index (χ3n) is 4.58. The summed E-state index contributed by atoms with van der Waals surface area (Å²) in [6.07, 6.45) is 1.77. The molecule has 0 aliphatic carbocycles. The van der Waals surface area contributed by atoms with Crippen LogP contribution in [0.5, 0.6) is 0 Å². The van der Waals surface area contributed by atoms with E-state index in [1.807, 2.05) is 36.4 Å². The fourth-order valence-corrected chi connectivity index (χ4v) is 3.27. The average molecular weight is 339 g/mol. The summed E-state index contributed by atoms with van der Waals surface area (Å²) in [6.45, 7) is 2.71. The number of hydrogen-bond acceptors (Lipinski definition) is 3. The van der Waals surface area contributed by atoms with E-state index in [1.165, 1.54) is 5.56 Å². The molecule has 0 unspecified atom stereocenters. The Bertz CT molecular complexity index is 739. The zero-order valence-corrected chi connectivity index (χ0v) is 14.2. The maximum absolute atomic E-state index is 12.6. The van der Waals surface area contributed by atoms with Crippen molar-refractivity contribution in [3.8, 4) is 6.07 Å². The van der Waals surface area contributed by atoms with E-state index in [-0.39, 0.29) is 11.7 Å². The minimum atomic E-state index is 0.100. The lowest BCUT2D eigenvalue weighted by Crippen LogP contribution is -2.35. The average Bonchev–Trinajstić information content (AvgIpc) is 2.63. The van der Waals surface area contributed by atoms with Gasteiger partial charge >= 0.3 is 0 Å². The molecule has 0 saturated carbocycles. The maximum Gasteiger partial charge on any atom is 0.166 e. The molecule has 0 spiro atoms. The molecular weight excluding hydrogens is 320 g/mol. The van der Waals surface area contributed by atoms with Gasteiger partial charge in [0.15, 0.2) is 5.78 Å². The molecular formula is C20H19ClN2O. The van der Waals surface area contributed by atoms with E-state index in [9.17, 15) is 4.79 Å². The van der Waals surface area contributed by atoms with E-state index in [0.29, 0.717) is 10.6 Å². The van der Waals surface area contributed by atoms with Crippen molar-refractivity contribution in [2.24, 2.45) is 5.92 Å². The zero-order chi connectivity index (χ0) is 16.9. The van der Waals surface area contributed by atoms with Gasteiger partial charge in [-0.15, -0.1) is 0 Å².